The van der Waals surface area contributed by atoms with Crippen LogP contribution in [0.4, 0.5) is 32.0 Å². The minimum absolute atomic E-state index is 0.200. The summed E-state index contributed by atoms with van der Waals surface area (Å²) in [6.07, 6.45) is -11.5. The lowest BCUT2D eigenvalue weighted by molar-refractivity contribution is -0.273. The average Bonchev–Trinajstić information content (AvgIpc) is 2.23. The predicted octanol–water partition coefficient (Wildman–Crippen LogP) is 3.10. The van der Waals surface area contributed by atoms with Gasteiger partial charge in [0.05, 0.1) is 0 Å². The van der Waals surface area contributed by atoms with Crippen molar-refractivity contribution in [1.29, 1.82) is 0 Å². The molecule has 0 bridgehead atoms. The lowest BCUT2D eigenvalue weighted by Gasteiger charge is -2.27. The number of hydrogen-bond donors (Lipinski definition) is 1. The molecule has 0 saturated heterocycles. The standard InChI is InChI=1S/C11H9F6NO2/c1-18(6-3-2-4-7(19)5-6)9(20)8(10(12,13)14)11(15,16)17/h2-5,8,19H,1H3. The molecule has 1 rings (SSSR count). The second-order valence-electron chi connectivity index (χ2n) is 3.93. The van der Waals surface area contributed by atoms with Crippen LogP contribution in [0.1, 0.15) is 0 Å². The number of rotatable bonds is 2. The molecular weight excluding hydrogens is 292 g/mol. The van der Waals surface area contributed by atoms with Crippen LogP contribution in [-0.2, 0) is 4.79 Å². The zero-order chi connectivity index (χ0) is 15.7. The first-order chi connectivity index (χ1) is 8.94. The fourth-order valence-electron chi connectivity index (χ4n) is 1.49. The van der Waals surface area contributed by atoms with Crippen molar-refractivity contribution < 1.29 is 36.2 Å². The molecule has 0 aliphatic heterocycles. The molecule has 1 aromatic carbocycles. The van der Waals surface area contributed by atoms with Crippen molar-refractivity contribution in [2.24, 2.45) is 5.92 Å². The lowest BCUT2D eigenvalue weighted by atomic mass is 10.1. The molecule has 0 saturated carbocycles. The number of benzene rings is 1. The molecule has 112 valence electrons. The van der Waals surface area contributed by atoms with E-state index in [-0.39, 0.29) is 10.6 Å². The molecule has 0 radical (unpaired) electrons. The Hall–Kier alpha value is -1.93. The maximum absolute atomic E-state index is 12.4. The number of anilines is 1. The second kappa shape index (κ2) is 5.22. The SMILES string of the molecule is CN(C(=O)C(C(F)(F)F)C(F)(F)F)c1cccc(O)c1. The summed E-state index contributed by atoms with van der Waals surface area (Å²) in [7, 11) is 0.765. The highest BCUT2D eigenvalue weighted by Gasteiger charge is 2.61. The van der Waals surface area contributed by atoms with Crippen LogP contribution in [0.25, 0.3) is 0 Å². The number of halogens is 6. The molecule has 1 aromatic rings. The van der Waals surface area contributed by atoms with Crippen LogP contribution >= 0.6 is 0 Å². The Balaban J connectivity index is 3.14. The van der Waals surface area contributed by atoms with Crippen molar-refractivity contribution in [3.8, 4) is 5.75 Å². The van der Waals surface area contributed by atoms with E-state index < -0.39 is 29.9 Å². The minimum atomic E-state index is -5.75. The normalized spacial score (nSPS) is 12.6. The lowest BCUT2D eigenvalue weighted by Crippen LogP contribution is -2.48. The first kappa shape index (κ1) is 16.1. The predicted molar refractivity (Wildman–Crippen MR) is 57.1 cm³/mol. The molecule has 0 aromatic heterocycles. The summed E-state index contributed by atoms with van der Waals surface area (Å²) in [5, 5.41) is 9.12. The van der Waals surface area contributed by atoms with Crippen LogP contribution in [0.5, 0.6) is 5.75 Å². The van der Waals surface area contributed by atoms with Crippen molar-refractivity contribution in [2.45, 2.75) is 12.4 Å². The van der Waals surface area contributed by atoms with Crippen molar-refractivity contribution in [2.75, 3.05) is 11.9 Å². The van der Waals surface area contributed by atoms with E-state index in [9.17, 15) is 31.1 Å². The van der Waals surface area contributed by atoms with Gasteiger partial charge in [0.25, 0.3) is 0 Å². The summed E-state index contributed by atoms with van der Waals surface area (Å²) < 4.78 is 74.4. The van der Waals surface area contributed by atoms with E-state index in [4.69, 9.17) is 5.11 Å². The summed E-state index contributed by atoms with van der Waals surface area (Å²) >= 11 is 0. The van der Waals surface area contributed by atoms with Gasteiger partial charge in [-0.2, -0.15) is 26.3 Å². The number of aromatic hydroxyl groups is 1. The van der Waals surface area contributed by atoms with Crippen molar-refractivity contribution >= 4 is 11.6 Å². The first-order valence-electron chi connectivity index (χ1n) is 5.14. The van der Waals surface area contributed by atoms with E-state index in [0.29, 0.717) is 0 Å². The smallest absolute Gasteiger partial charge is 0.409 e. The third-order valence-corrected chi connectivity index (χ3v) is 2.45. The Labute approximate surface area is 109 Å². The third kappa shape index (κ3) is 3.55. The van der Waals surface area contributed by atoms with Crippen LogP contribution in [-0.4, -0.2) is 30.4 Å². The largest absolute Gasteiger partial charge is 0.508 e. The summed E-state index contributed by atoms with van der Waals surface area (Å²) in [4.78, 5) is 11.7. The number of phenolic OH excluding ortho intramolecular Hbond substituents is 1. The summed E-state index contributed by atoms with van der Waals surface area (Å²) in [6.45, 7) is 0. The summed E-state index contributed by atoms with van der Waals surface area (Å²) in [6, 6.07) is 4.32. The highest BCUT2D eigenvalue weighted by Crippen LogP contribution is 2.40. The number of hydrogen-bond acceptors (Lipinski definition) is 2. The van der Waals surface area contributed by atoms with Gasteiger partial charge in [0.2, 0.25) is 11.8 Å². The fraction of sp³-hybridized carbons (Fsp3) is 0.364. The van der Waals surface area contributed by atoms with E-state index in [1.54, 1.807) is 0 Å². The van der Waals surface area contributed by atoms with Crippen LogP contribution < -0.4 is 4.90 Å². The Morgan fingerprint density at radius 3 is 2.05 bits per heavy atom. The van der Waals surface area contributed by atoms with Gasteiger partial charge in [-0.05, 0) is 12.1 Å². The number of phenols is 1. The van der Waals surface area contributed by atoms with Gasteiger partial charge in [-0.25, -0.2) is 0 Å². The van der Waals surface area contributed by atoms with Gasteiger partial charge in [-0.15, -0.1) is 0 Å². The van der Waals surface area contributed by atoms with Crippen LogP contribution in [0.15, 0.2) is 24.3 Å². The molecular formula is C11H9F6NO2. The topological polar surface area (TPSA) is 40.5 Å². The van der Waals surface area contributed by atoms with Gasteiger partial charge < -0.3 is 10.0 Å². The maximum atomic E-state index is 12.4. The molecule has 0 heterocycles. The van der Waals surface area contributed by atoms with Crippen LogP contribution in [0.3, 0.4) is 0 Å². The van der Waals surface area contributed by atoms with Gasteiger partial charge in [0, 0.05) is 18.8 Å². The molecule has 1 amide bonds. The van der Waals surface area contributed by atoms with Crippen molar-refractivity contribution in [1.82, 2.24) is 0 Å². The van der Waals surface area contributed by atoms with E-state index in [2.05, 4.69) is 0 Å². The Morgan fingerprint density at radius 2 is 1.65 bits per heavy atom. The van der Waals surface area contributed by atoms with Gasteiger partial charge in [-0.3, -0.25) is 4.79 Å². The van der Waals surface area contributed by atoms with Gasteiger partial charge >= 0.3 is 12.4 Å². The minimum Gasteiger partial charge on any atom is -0.508 e. The Kier molecular flexibility index (Phi) is 4.21. The van der Waals surface area contributed by atoms with E-state index >= 15 is 0 Å². The fourth-order valence-corrected chi connectivity index (χ4v) is 1.49. The molecule has 0 aliphatic carbocycles. The van der Waals surface area contributed by atoms with Gasteiger partial charge in [-0.1, -0.05) is 6.07 Å². The molecule has 3 nitrogen and oxygen atoms in total. The Bertz CT molecular complexity index is 482. The third-order valence-electron chi connectivity index (χ3n) is 2.45. The van der Waals surface area contributed by atoms with E-state index in [1.165, 1.54) is 6.07 Å². The van der Waals surface area contributed by atoms with Gasteiger partial charge in [0.15, 0.2) is 0 Å². The molecule has 20 heavy (non-hydrogen) atoms. The number of amides is 1. The molecule has 1 N–H and O–H groups in total. The second-order valence-corrected chi connectivity index (χ2v) is 3.93. The van der Waals surface area contributed by atoms with Crippen LogP contribution in [0.2, 0.25) is 0 Å². The molecule has 0 unspecified atom stereocenters. The number of alkyl halides is 6. The molecule has 0 atom stereocenters. The summed E-state index contributed by atoms with van der Waals surface area (Å²) in [5.41, 5.74) is -0.284. The highest BCUT2D eigenvalue weighted by molar-refractivity contribution is 5.95. The highest BCUT2D eigenvalue weighted by atomic mass is 19.4. The number of nitrogens with zero attached hydrogens (tertiary/aromatic N) is 1. The zero-order valence-electron chi connectivity index (χ0n) is 9.96. The van der Waals surface area contributed by atoms with Crippen molar-refractivity contribution in [3.63, 3.8) is 0 Å². The quantitative estimate of drug-likeness (QED) is 0.853. The van der Waals surface area contributed by atoms with Crippen LogP contribution in [0, 0.1) is 5.92 Å². The molecule has 9 heteroatoms. The molecule has 0 fully saturated rings. The van der Waals surface area contributed by atoms with E-state index in [0.717, 1.165) is 25.2 Å². The monoisotopic (exact) mass is 301 g/mol. The molecule has 0 aliphatic rings. The number of carbonyl (C=O) groups is 1. The zero-order valence-corrected chi connectivity index (χ0v) is 9.96. The van der Waals surface area contributed by atoms with E-state index in [1.807, 2.05) is 0 Å². The average molecular weight is 301 g/mol. The first-order valence-corrected chi connectivity index (χ1v) is 5.14. The Morgan fingerprint density at radius 1 is 1.15 bits per heavy atom. The maximum Gasteiger partial charge on any atom is 0.409 e. The summed E-state index contributed by atoms with van der Waals surface area (Å²) in [5.74, 6) is -6.67. The molecule has 0 spiro atoms. The number of carbonyl (C=O) groups excluding carboxylic acids is 1. The van der Waals surface area contributed by atoms with Gasteiger partial charge in [0.1, 0.15) is 5.75 Å². The van der Waals surface area contributed by atoms with Crippen molar-refractivity contribution in [3.05, 3.63) is 24.3 Å².